The van der Waals surface area contributed by atoms with Gasteiger partial charge in [-0.05, 0) is 37.7 Å². The molecule has 1 aromatic rings. The predicted molar refractivity (Wildman–Crippen MR) is 64.0 cm³/mol. The Morgan fingerprint density at radius 2 is 1.75 bits per heavy atom. The van der Waals surface area contributed by atoms with Crippen molar-refractivity contribution in [2.45, 2.75) is 49.9 Å². The molecule has 2 aliphatic carbocycles. The van der Waals surface area contributed by atoms with Gasteiger partial charge in [0.25, 0.3) is 0 Å². The van der Waals surface area contributed by atoms with E-state index in [9.17, 15) is 0 Å². The first-order valence-corrected chi connectivity index (χ1v) is 6.17. The Hall–Kier alpha value is -0.860. The van der Waals surface area contributed by atoms with Crippen molar-refractivity contribution in [1.29, 1.82) is 0 Å². The fourth-order valence-electron chi connectivity index (χ4n) is 2.30. The lowest BCUT2D eigenvalue weighted by Gasteiger charge is -2.20. The highest BCUT2D eigenvalue weighted by Crippen LogP contribution is 2.51. The van der Waals surface area contributed by atoms with Crippen LogP contribution in [0.2, 0.25) is 0 Å². The van der Waals surface area contributed by atoms with Crippen LogP contribution in [-0.4, -0.2) is 11.1 Å². The van der Waals surface area contributed by atoms with Crippen LogP contribution >= 0.6 is 0 Å². The van der Waals surface area contributed by atoms with E-state index in [1.165, 1.54) is 31.2 Å². The largest absolute Gasteiger partial charge is 0.370 e. The van der Waals surface area contributed by atoms with Gasteiger partial charge < -0.3 is 10.5 Å². The van der Waals surface area contributed by atoms with Crippen LogP contribution in [0.5, 0.6) is 0 Å². The van der Waals surface area contributed by atoms with Gasteiger partial charge in [0.2, 0.25) is 0 Å². The molecule has 0 spiro atoms. The predicted octanol–water partition coefficient (Wildman–Crippen LogP) is 2.62. The van der Waals surface area contributed by atoms with Crippen molar-refractivity contribution in [3.05, 3.63) is 35.9 Å². The summed E-state index contributed by atoms with van der Waals surface area (Å²) in [6.07, 6.45) is 5.82. The van der Waals surface area contributed by atoms with E-state index in [1.807, 2.05) is 6.07 Å². The lowest BCUT2D eigenvalue weighted by Crippen LogP contribution is -2.30. The van der Waals surface area contributed by atoms with Gasteiger partial charge in [0.05, 0.1) is 12.2 Å². The second-order valence-corrected chi connectivity index (χ2v) is 5.50. The van der Waals surface area contributed by atoms with Crippen molar-refractivity contribution in [2.24, 2.45) is 5.73 Å². The summed E-state index contributed by atoms with van der Waals surface area (Å²) < 4.78 is 6.06. The quantitative estimate of drug-likeness (QED) is 0.822. The molecule has 2 fully saturated rings. The van der Waals surface area contributed by atoms with E-state index >= 15 is 0 Å². The Morgan fingerprint density at radius 3 is 2.31 bits per heavy atom. The molecule has 0 bridgehead atoms. The normalized spacial score (nSPS) is 24.1. The topological polar surface area (TPSA) is 35.2 Å². The van der Waals surface area contributed by atoms with Crippen LogP contribution in [0.25, 0.3) is 0 Å². The molecular weight excluding hydrogens is 198 g/mol. The zero-order chi connectivity index (χ0) is 11.1. The molecule has 2 heteroatoms. The van der Waals surface area contributed by atoms with E-state index in [-0.39, 0.29) is 11.1 Å². The summed E-state index contributed by atoms with van der Waals surface area (Å²) in [4.78, 5) is 0. The Labute approximate surface area is 96.8 Å². The van der Waals surface area contributed by atoms with Gasteiger partial charge in [0, 0.05) is 5.54 Å². The lowest BCUT2D eigenvalue weighted by molar-refractivity contribution is 0.00808. The number of ether oxygens (including phenoxy) is 1. The summed E-state index contributed by atoms with van der Waals surface area (Å²) in [5.41, 5.74) is 7.67. The van der Waals surface area contributed by atoms with Gasteiger partial charge >= 0.3 is 0 Å². The minimum atomic E-state index is 0.118. The molecule has 2 nitrogen and oxygen atoms in total. The van der Waals surface area contributed by atoms with Crippen LogP contribution in [0.1, 0.15) is 37.7 Å². The number of nitrogens with two attached hydrogens (primary N) is 1. The van der Waals surface area contributed by atoms with E-state index in [1.54, 1.807) is 0 Å². The molecule has 0 aliphatic heterocycles. The average Bonchev–Trinajstić information content (AvgIpc) is 3.20. The standard InChI is InChI=1S/C14H19NO/c15-13(6-7-13)11-14(8-9-14)16-10-12-4-2-1-3-5-12/h1-5H,6-11,15H2. The first-order valence-electron chi connectivity index (χ1n) is 6.17. The third-order valence-corrected chi connectivity index (χ3v) is 3.76. The van der Waals surface area contributed by atoms with E-state index in [2.05, 4.69) is 24.3 Å². The maximum Gasteiger partial charge on any atom is 0.0724 e. The van der Waals surface area contributed by atoms with Crippen molar-refractivity contribution in [3.8, 4) is 0 Å². The van der Waals surface area contributed by atoms with Crippen molar-refractivity contribution in [2.75, 3.05) is 0 Å². The van der Waals surface area contributed by atoms with Gasteiger partial charge in [-0.1, -0.05) is 30.3 Å². The molecule has 16 heavy (non-hydrogen) atoms. The molecule has 1 aromatic carbocycles. The van der Waals surface area contributed by atoms with Crippen molar-refractivity contribution >= 4 is 0 Å². The van der Waals surface area contributed by atoms with Gasteiger partial charge in [0.15, 0.2) is 0 Å². The third-order valence-electron chi connectivity index (χ3n) is 3.76. The monoisotopic (exact) mass is 217 g/mol. The highest BCUT2D eigenvalue weighted by Gasteiger charge is 2.53. The minimum Gasteiger partial charge on any atom is -0.370 e. The van der Waals surface area contributed by atoms with E-state index in [4.69, 9.17) is 10.5 Å². The van der Waals surface area contributed by atoms with Crippen LogP contribution in [0.3, 0.4) is 0 Å². The maximum absolute atomic E-state index is 6.16. The molecule has 0 saturated heterocycles. The van der Waals surface area contributed by atoms with Gasteiger partial charge in [-0.15, -0.1) is 0 Å². The Balaban J connectivity index is 1.55. The average molecular weight is 217 g/mol. The number of hydrogen-bond donors (Lipinski definition) is 1. The van der Waals surface area contributed by atoms with Crippen molar-refractivity contribution in [1.82, 2.24) is 0 Å². The lowest BCUT2D eigenvalue weighted by atomic mass is 10.1. The van der Waals surface area contributed by atoms with Gasteiger partial charge in [-0.25, -0.2) is 0 Å². The Morgan fingerprint density at radius 1 is 1.06 bits per heavy atom. The number of rotatable bonds is 5. The van der Waals surface area contributed by atoms with Crippen molar-refractivity contribution in [3.63, 3.8) is 0 Å². The molecule has 2 aliphatic rings. The molecule has 86 valence electrons. The molecular formula is C14H19NO. The zero-order valence-electron chi connectivity index (χ0n) is 9.61. The van der Waals surface area contributed by atoms with E-state index < -0.39 is 0 Å². The number of hydrogen-bond acceptors (Lipinski definition) is 2. The molecule has 2 N–H and O–H groups in total. The van der Waals surface area contributed by atoms with Crippen LogP contribution in [0.4, 0.5) is 0 Å². The summed E-state index contributed by atoms with van der Waals surface area (Å²) >= 11 is 0. The molecule has 0 aromatic heterocycles. The SMILES string of the molecule is NC1(CC2(OCc3ccccc3)CC2)CC1. The molecule has 2 saturated carbocycles. The molecule has 0 amide bonds. The highest BCUT2D eigenvalue weighted by molar-refractivity contribution is 5.15. The summed E-state index contributed by atoms with van der Waals surface area (Å²) in [5.74, 6) is 0. The molecule has 3 rings (SSSR count). The maximum atomic E-state index is 6.16. The number of benzene rings is 1. The summed E-state index contributed by atoms with van der Waals surface area (Å²) in [5, 5.41) is 0. The fourth-order valence-corrected chi connectivity index (χ4v) is 2.30. The van der Waals surface area contributed by atoms with Gasteiger partial charge in [0.1, 0.15) is 0 Å². The molecule has 0 radical (unpaired) electrons. The Bertz CT molecular complexity index is 366. The Kier molecular flexibility index (Phi) is 2.30. The first kappa shape index (κ1) is 10.3. The van der Waals surface area contributed by atoms with Crippen LogP contribution in [0, 0.1) is 0 Å². The summed E-state index contributed by atoms with van der Waals surface area (Å²) in [7, 11) is 0. The summed E-state index contributed by atoms with van der Waals surface area (Å²) in [6, 6.07) is 10.4. The fraction of sp³-hybridized carbons (Fsp3) is 0.571. The molecule has 0 atom stereocenters. The second kappa shape index (κ2) is 3.57. The molecule has 0 unspecified atom stereocenters. The van der Waals surface area contributed by atoms with Crippen LogP contribution in [0.15, 0.2) is 30.3 Å². The second-order valence-electron chi connectivity index (χ2n) is 5.50. The minimum absolute atomic E-state index is 0.118. The van der Waals surface area contributed by atoms with E-state index in [0.717, 1.165) is 13.0 Å². The zero-order valence-corrected chi connectivity index (χ0v) is 9.61. The smallest absolute Gasteiger partial charge is 0.0724 e. The van der Waals surface area contributed by atoms with Crippen molar-refractivity contribution < 1.29 is 4.74 Å². The van der Waals surface area contributed by atoms with Gasteiger partial charge in [-0.3, -0.25) is 0 Å². The van der Waals surface area contributed by atoms with Crippen LogP contribution < -0.4 is 5.73 Å². The van der Waals surface area contributed by atoms with E-state index in [0.29, 0.717) is 0 Å². The molecule has 0 heterocycles. The highest BCUT2D eigenvalue weighted by atomic mass is 16.5. The van der Waals surface area contributed by atoms with Crippen LogP contribution in [-0.2, 0) is 11.3 Å². The summed E-state index contributed by atoms with van der Waals surface area (Å²) in [6.45, 7) is 0.733. The van der Waals surface area contributed by atoms with Gasteiger partial charge in [-0.2, -0.15) is 0 Å². The first-order chi connectivity index (χ1) is 7.70. The third kappa shape index (κ3) is 2.28.